The molecule has 2 aromatic heterocycles. The maximum Gasteiger partial charge on any atom is 0.416 e. The molecule has 0 saturated heterocycles. The van der Waals surface area contributed by atoms with E-state index in [9.17, 15) is 22.8 Å². The SMILES string of the molecule is Cc1cc(CNc2cnc3n(c2=O)[C@H](C(=O)NCc2ccc(N)nc2C)CC3)cc(C(F)(F)F)c1. The van der Waals surface area contributed by atoms with Crippen molar-refractivity contribution in [2.24, 2.45) is 0 Å². The molecular formula is C24H25F3N6O2. The first-order valence-corrected chi connectivity index (χ1v) is 11.0. The van der Waals surface area contributed by atoms with Crippen molar-refractivity contribution in [3.63, 3.8) is 0 Å². The van der Waals surface area contributed by atoms with Gasteiger partial charge in [0, 0.05) is 25.2 Å². The summed E-state index contributed by atoms with van der Waals surface area (Å²) in [5.41, 5.74) is 6.93. The number of hydrogen-bond acceptors (Lipinski definition) is 6. The zero-order chi connectivity index (χ0) is 25.3. The van der Waals surface area contributed by atoms with E-state index in [2.05, 4.69) is 20.6 Å². The van der Waals surface area contributed by atoms with Gasteiger partial charge < -0.3 is 16.4 Å². The summed E-state index contributed by atoms with van der Waals surface area (Å²) in [5.74, 6) is 0.552. The molecule has 3 aromatic rings. The first-order valence-electron chi connectivity index (χ1n) is 11.0. The van der Waals surface area contributed by atoms with Gasteiger partial charge in [0.15, 0.2) is 0 Å². The fourth-order valence-corrected chi connectivity index (χ4v) is 4.20. The fourth-order valence-electron chi connectivity index (χ4n) is 4.20. The average Bonchev–Trinajstić information content (AvgIpc) is 3.22. The Kier molecular flexibility index (Phi) is 6.51. The van der Waals surface area contributed by atoms with Crippen LogP contribution in [0.1, 0.15) is 46.2 Å². The highest BCUT2D eigenvalue weighted by Crippen LogP contribution is 2.31. The monoisotopic (exact) mass is 486 g/mol. The Labute approximate surface area is 199 Å². The number of benzene rings is 1. The van der Waals surface area contributed by atoms with Crippen LogP contribution in [0, 0.1) is 13.8 Å². The van der Waals surface area contributed by atoms with Crippen molar-refractivity contribution in [1.29, 1.82) is 0 Å². The first kappa shape index (κ1) is 24.2. The van der Waals surface area contributed by atoms with E-state index < -0.39 is 23.3 Å². The summed E-state index contributed by atoms with van der Waals surface area (Å²) < 4.78 is 40.7. The van der Waals surface area contributed by atoms with E-state index in [-0.39, 0.29) is 24.7 Å². The number of aromatic nitrogens is 3. The number of rotatable bonds is 6. The van der Waals surface area contributed by atoms with Crippen molar-refractivity contribution in [2.75, 3.05) is 11.1 Å². The topological polar surface area (TPSA) is 115 Å². The third-order valence-electron chi connectivity index (χ3n) is 5.94. The number of halogens is 3. The number of anilines is 2. The molecule has 4 N–H and O–H groups in total. The van der Waals surface area contributed by atoms with Gasteiger partial charge in [-0.15, -0.1) is 0 Å². The molecule has 4 rings (SSSR count). The second-order valence-electron chi connectivity index (χ2n) is 8.57. The number of nitrogens with zero attached hydrogens (tertiary/aromatic N) is 3. The molecule has 1 aliphatic rings. The van der Waals surface area contributed by atoms with Gasteiger partial charge in [-0.2, -0.15) is 13.2 Å². The van der Waals surface area contributed by atoms with Gasteiger partial charge in [-0.25, -0.2) is 9.97 Å². The zero-order valence-electron chi connectivity index (χ0n) is 19.2. The van der Waals surface area contributed by atoms with Gasteiger partial charge in [0.1, 0.15) is 23.4 Å². The van der Waals surface area contributed by atoms with E-state index in [4.69, 9.17) is 5.73 Å². The minimum absolute atomic E-state index is 0.00129. The van der Waals surface area contributed by atoms with Crippen molar-refractivity contribution in [2.45, 2.75) is 52.0 Å². The summed E-state index contributed by atoms with van der Waals surface area (Å²) in [6.45, 7) is 3.61. The second kappa shape index (κ2) is 9.40. The van der Waals surface area contributed by atoms with E-state index in [1.54, 1.807) is 32.0 Å². The number of carbonyl (C=O) groups is 1. The van der Waals surface area contributed by atoms with Crippen molar-refractivity contribution in [1.82, 2.24) is 19.9 Å². The van der Waals surface area contributed by atoms with Crippen molar-refractivity contribution < 1.29 is 18.0 Å². The van der Waals surface area contributed by atoms with Crippen LogP contribution in [0.25, 0.3) is 0 Å². The van der Waals surface area contributed by atoms with Crippen LogP contribution in [0.4, 0.5) is 24.7 Å². The number of hydrogen-bond donors (Lipinski definition) is 3. The minimum Gasteiger partial charge on any atom is -0.384 e. The molecule has 35 heavy (non-hydrogen) atoms. The molecule has 11 heteroatoms. The number of pyridine rings is 1. The molecule has 8 nitrogen and oxygen atoms in total. The smallest absolute Gasteiger partial charge is 0.384 e. The molecule has 0 saturated carbocycles. The van der Waals surface area contributed by atoms with Crippen LogP contribution < -0.4 is 21.9 Å². The molecule has 3 heterocycles. The van der Waals surface area contributed by atoms with Crippen LogP contribution >= 0.6 is 0 Å². The summed E-state index contributed by atoms with van der Waals surface area (Å²) >= 11 is 0. The Morgan fingerprint density at radius 3 is 2.69 bits per heavy atom. The molecule has 1 amide bonds. The molecule has 0 radical (unpaired) electrons. The van der Waals surface area contributed by atoms with Gasteiger partial charge in [-0.3, -0.25) is 14.2 Å². The van der Waals surface area contributed by atoms with Gasteiger partial charge >= 0.3 is 6.18 Å². The van der Waals surface area contributed by atoms with Crippen LogP contribution in [0.2, 0.25) is 0 Å². The molecular weight excluding hydrogens is 461 g/mol. The summed E-state index contributed by atoms with van der Waals surface area (Å²) in [6.07, 6.45) is -2.22. The van der Waals surface area contributed by atoms with E-state index in [0.717, 1.165) is 17.7 Å². The fraction of sp³-hybridized carbons (Fsp3) is 0.333. The largest absolute Gasteiger partial charge is 0.416 e. The van der Waals surface area contributed by atoms with Gasteiger partial charge in [0.25, 0.3) is 5.56 Å². The van der Waals surface area contributed by atoms with Gasteiger partial charge in [-0.1, -0.05) is 17.7 Å². The standard InChI is InChI=1S/C24H25F3N6O2/c1-13-7-15(9-17(8-13)24(25,26)27)10-29-18-12-30-21-6-4-19(33(21)23(18)35)22(34)31-11-16-3-5-20(28)32-14(16)2/h3,5,7-9,12,19,29H,4,6,10-11H2,1-2H3,(H2,28,32)(H,31,34)/t19-/m0/s1. The van der Waals surface area contributed by atoms with Crippen LogP contribution in [0.15, 0.2) is 41.3 Å². The quantitative estimate of drug-likeness (QED) is 0.493. The Hall–Kier alpha value is -3.89. The summed E-state index contributed by atoms with van der Waals surface area (Å²) in [4.78, 5) is 34.5. The van der Waals surface area contributed by atoms with E-state index in [1.807, 2.05) is 0 Å². The average molecular weight is 486 g/mol. The van der Waals surface area contributed by atoms with Crippen LogP contribution in [0.3, 0.4) is 0 Å². The highest BCUT2D eigenvalue weighted by Gasteiger charge is 2.32. The predicted octanol–water partition coefficient (Wildman–Crippen LogP) is 3.27. The number of aryl methyl sites for hydroxylation is 3. The number of carbonyl (C=O) groups excluding carboxylic acids is 1. The minimum atomic E-state index is -4.46. The molecule has 0 spiro atoms. The first-order chi connectivity index (χ1) is 16.5. The van der Waals surface area contributed by atoms with Crippen molar-refractivity contribution in [3.05, 3.63) is 80.7 Å². The third kappa shape index (κ3) is 5.28. The molecule has 1 aromatic carbocycles. The maximum atomic E-state index is 13.1. The highest BCUT2D eigenvalue weighted by molar-refractivity contribution is 5.81. The Morgan fingerprint density at radius 1 is 1.20 bits per heavy atom. The molecule has 0 aliphatic carbocycles. The number of nitrogens with one attached hydrogen (secondary N) is 2. The normalized spacial score (nSPS) is 15.1. The van der Waals surface area contributed by atoms with Crippen LogP contribution in [-0.2, 0) is 30.5 Å². The summed E-state index contributed by atoms with van der Waals surface area (Å²) in [5, 5.41) is 5.72. The zero-order valence-corrected chi connectivity index (χ0v) is 19.2. The highest BCUT2D eigenvalue weighted by atomic mass is 19.4. The molecule has 1 atom stereocenters. The summed E-state index contributed by atoms with van der Waals surface area (Å²) in [6, 6.07) is 6.43. The number of amides is 1. The number of fused-ring (bicyclic) bond motifs is 1. The Balaban J connectivity index is 1.49. The Morgan fingerprint density at radius 2 is 1.97 bits per heavy atom. The lowest BCUT2D eigenvalue weighted by Crippen LogP contribution is -2.36. The second-order valence-corrected chi connectivity index (χ2v) is 8.57. The molecule has 1 aliphatic heterocycles. The molecule has 0 unspecified atom stereocenters. The van der Waals surface area contributed by atoms with E-state index in [1.165, 1.54) is 10.8 Å². The number of alkyl halides is 3. The Bertz CT molecular complexity index is 1340. The van der Waals surface area contributed by atoms with Crippen LogP contribution in [-0.4, -0.2) is 20.4 Å². The maximum absolute atomic E-state index is 13.1. The van der Waals surface area contributed by atoms with Crippen molar-refractivity contribution >= 4 is 17.4 Å². The van der Waals surface area contributed by atoms with E-state index in [0.29, 0.717) is 41.3 Å². The lowest BCUT2D eigenvalue weighted by Gasteiger charge is -2.16. The van der Waals surface area contributed by atoms with Crippen molar-refractivity contribution in [3.8, 4) is 0 Å². The number of nitrogen functional groups attached to an aromatic ring is 1. The number of nitrogens with two attached hydrogens (primary N) is 1. The molecule has 0 bridgehead atoms. The summed E-state index contributed by atoms with van der Waals surface area (Å²) in [7, 11) is 0. The molecule has 0 fully saturated rings. The van der Waals surface area contributed by atoms with Gasteiger partial charge in [-0.05, 0) is 49.6 Å². The lowest BCUT2D eigenvalue weighted by atomic mass is 10.1. The predicted molar refractivity (Wildman–Crippen MR) is 125 cm³/mol. The third-order valence-corrected chi connectivity index (χ3v) is 5.94. The lowest BCUT2D eigenvalue weighted by molar-refractivity contribution is -0.137. The van der Waals surface area contributed by atoms with Gasteiger partial charge in [0.2, 0.25) is 5.91 Å². The van der Waals surface area contributed by atoms with Gasteiger partial charge in [0.05, 0.1) is 11.8 Å². The van der Waals surface area contributed by atoms with Crippen LogP contribution in [0.5, 0.6) is 0 Å². The van der Waals surface area contributed by atoms with E-state index >= 15 is 0 Å². The molecule has 184 valence electrons.